The van der Waals surface area contributed by atoms with Gasteiger partial charge in [-0.1, -0.05) is 26.7 Å². The summed E-state index contributed by atoms with van der Waals surface area (Å²) in [4.78, 5) is 16.7. The quantitative estimate of drug-likeness (QED) is 0.751. The van der Waals surface area contributed by atoms with Gasteiger partial charge >= 0.3 is 0 Å². The Kier molecular flexibility index (Phi) is 6.09. The molecule has 0 aromatic rings. The molecule has 0 radical (unpaired) electrons. The van der Waals surface area contributed by atoms with Crippen LogP contribution in [0.1, 0.15) is 46.5 Å². The Balaban J connectivity index is 2.73. The molecule has 106 valence electrons. The Morgan fingerprint density at radius 3 is 2.39 bits per heavy atom. The summed E-state index contributed by atoms with van der Waals surface area (Å²) < 4.78 is 0. The second kappa shape index (κ2) is 7.10. The smallest absolute Gasteiger partial charge is 0.241 e. The van der Waals surface area contributed by atoms with Crippen LogP contribution in [-0.4, -0.2) is 54.6 Å². The second-order valence-corrected chi connectivity index (χ2v) is 5.67. The highest BCUT2D eigenvalue weighted by Crippen LogP contribution is 2.21. The van der Waals surface area contributed by atoms with E-state index in [1.807, 2.05) is 0 Å². The monoisotopic (exact) mass is 255 g/mol. The van der Waals surface area contributed by atoms with Crippen LogP contribution in [0.4, 0.5) is 0 Å². The lowest BCUT2D eigenvalue weighted by Gasteiger charge is -2.32. The summed E-state index contributed by atoms with van der Waals surface area (Å²) in [5, 5.41) is 3.50. The number of carbonyl (C=O) groups excluding carboxylic acids is 1. The molecule has 1 rings (SSSR count). The maximum Gasteiger partial charge on any atom is 0.241 e. The van der Waals surface area contributed by atoms with Crippen LogP contribution in [0.5, 0.6) is 0 Å². The fourth-order valence-corrected chi connectivity index (χ4v) is 2.85. The summed E-state index contributed by atoms with van der Waals surface area (Å²) in [6, 6.07) is 0.314. The van der Waals surface area contributed by atoms with Crippen LogP contribution in [0, 0.1) is 0 Å². The number of hydrogen-bond acceptors (Lipinski definition) is 3. The van der Waals surface area contributed by atoms with Crippen molar-refractivity contribution < 1.29 is 4.79 Å². The topological polar surface area (TPSA) is 35.6 Å². The highest BCUT2D eigenvalue weighted by molar-refractivity contribution is 5.84. The zero-order chi connectivity index (χ0) is 13.7. The zero-order valence-corrected chi connectivity index (χ0v) is 12.6. The predicted molar refractivity (Wildman–Crippen MR) is 75.4 cm³/mol. The Hall–Kier alpha value is -0.610. The number of nitrogens with one attached hydrogen (secondary N) is 1. The van der Waals surface area contributed by atoms with E-state index in [2.05, 4.69) is 50.0 Å². The molecule has 4 nitrogen and oxygen atoms in total. The van der Waals surface area contributed by atoms with Crippen molar-refractivity contribution in [2.45, 2.75) is 64.7 Å². The molecule has 18 heavy (non-hydrogen) atoms. The van der Waals surface area contributed by atoms with Crippen LogP contribution in [0.2, 0.25) is 0 Å². The van der Waals surface area contributed by atoms with Crippen LogP contribution >= 0.6 is 0 Å². The molecule has 0 aliphatic carbocycles. The van der Waals surface area contributed by atoms with Crippen LogP contribution in [-0.2, 0) is 4.79 Å². The van der Waals surface area contributed by atoms with Crippen LogP contribution < -0.4 is 5.32 Å². The van der Waals surface area contributed by atoms with Crippen LogP contribution in [0.25, 0.3) is 0 Å². The van der Waals surface area contributed by atoms with Gasteiger partial charge in [-0.15, -0.1) is 0 Å². The summed E-state index contributed by atoms with van der Waals surface area (Å²) >= 11 is 0. The lowest BCUT2D eigenvalue weighted by atomic mass is 10.1. The molecule has 0 saturated carbocycles. The molecular formula is C14H29N3O. The third-order valence-electron chi connectivity index (χ3n) is 3.53. The van der Waals surface area contributed by atoms with Gasteiger partial charge in [-0.2, -0.15) is 0 Å². The van der Waals surface area contributed by atoms with Crippen molar-refractivity contribution in [3.05, 3.63) is 0 Å². The fourth-order valence-electron chi connectivity index (χ4n) is 2.85. The minimum atomic E-state index is 0.0381. The lowest BCUT2D eigenvalue weighted by molar-refractivity contribution is -0.132. The first kappa shape index (κ1) is 15.4. The van der Waals surface area contributed by atoms with Crippen molar-refractivity contribution in [3.63, 3.8) is 0 Å². The first-order valence-electron chi connectivity index (χ1n) is 7.24. The predicted octanol–water partition coefficient (Wildman–Crippen LogP) is 1.66. The van der Waals surface area contributed by atoms with E-state index >= 15 is 0 Å². The molecule has 1 amide bonds. The standard InChI is InChI=1S/C14H29N3O/c1-6-8-12-14(18)17(11(3)10-16(4)5)13(15-12)9-7-2/h11-13,15H,6-10H2,1-5H3. The van der Waals surface area contributed by atoms with E-state index in [-0.39, 0.29) is 18.2 Å². The molecule has 3 atom stereocenters. The van der Waals surface area contributed by atoms with Crippen molar-refractivity contribution in [1.29, 1.82) is 0 Å². The van der Waals surface area contributed by atoms with Crippen LogP contribution in [0.15, 0.2) is 0 Å². The molecule has 1 fully saturated rings. The molecule has 1 heterocycles. The molecule has 3 unspecified atom stereocenters. The molecular weight excluding hydrogens is 226 g/mol. The minimum absolute atomic E-state index is 0.0381. The Labute approximate surface area is 112 Å². The molecule has 4 heteroatoms. The minimum Gasteiger partial charge on any atom is -0.322 e. The lowest BCUT2D eigenvalue weighted by Crippen LogP contribution is -2.47. The maximum absolute atomic E-state index is 12.4. The van der Waals surface area contributed by atoms with Crippen molar-refractivity contribution in [1.82, 2.24) is 15.1 Å². The van der Waals surface area contributed by atoms with Gasteiger partial charge in [-0.25, -0.2) is 0 Å². The highest BCUT2D eigenvalue weighted by atomic mass is 16.2. The fraction of sp³-hybridized carbons (Fsp3) is 0.929. The van der Waals surface area contributed by atoms with Gasteiger partial charge < -0.3 is 9.80 Å². The van der Waals surface area contributed by atoms with Gasteiger partial charge in [0.05, 0.1) is 12.2 Å². The average molecular weight is 255 g/mol. The average Bonchev–Trinajstić information content (AvgIpc) is 2.56. The number of likely N-dealkylation sites (N-methyl/N-ethyl adjacent to an activating group) is 1. The van der Waals surface area contributed by atoms with Gasteiger partial charge in [0.15, 0.2) is 0 Å². The normalized spacial score (nSPS) is 26.1. The third kappa shape index (κ3) is 3.69. The van der Waals surface area contributed by atoms with E-state index in [0.717, 1.165) is 32.2 Å². The molecule has 0 aromatic heterocycles. The van der Waals surface area contributed by atoms with Crippen molar-refractivity contribution in [2.75, 3.05) is 20.6 Å². The van der Waals surface area contributed by atoms with Gasteiger partial charge in [-0.3, -0.25) is 10.1 Å². The third-order valence-corrected chi connectivity index (χ3v) is 3.53. The largest absolute Gasteiger partial charge is 0.322 e. The van der Waals surface area contributed by atoms with Gasteiger partial charge in [0.1, 0.15) is 0 Å². The number of amides is 1. The summed E-state index contributed by atoms with van der Waals surface area (Å²) in [6.45, 7) is 7.38. The molecule has 0 aromatic carbocycles. The van der Waals surface area contributed by atoms with Crippen LogP contribution in [0.3, 0.4) is 0 Å². The summed E-state index contributed by atoms with van der Waals surface area (Å²) in [5.41, 5.74) is 0. The van der Waals surface area contributed by atoms with Crippen molar-refractivity contribution in [2.24, 2.45) is 0 Å². The van der Waals surface area contributed by atoms with Gasteiger partial charge in [-0.05, 0) is 33.9 Å². The van der Waals surface area contributed by atoms with E-state index in [1.54, 1.807) is 0 Å². The van der Waals surface area contributed by atoms with Gasteiger partial charge in [0, 0.05) is 12.6 Å². The van der Waals surface area contributed by atoms with E-state index in [4.69, 9.17) is 0 Å². The zero-order valence-electron chi connectivity index (χ0n) is 12.6. The van der Waals surface area contributed by atoms with E-state index < -0.39 is 0 Å². The van der Waals surface area contributed by atoms with Crippen molar-refractivity contribution >= 4 is 5.91 Å². The van der Waals surface area contributed by atoms with E-state index in [1.165, 1.54) is 0 Å². The molecule has 1 N–H and O–H groups in total. The van der Waals surface area contributed by atoms with Crippen molar-refractivity contribution in [3.8, 4) is 0 Å². The highest BCUT2D eigenvalue weighted by Gasteiger charge is 2.39. The summed E-state index contributed by atoms with van der Waals surface area (Å²) in [6.07, 6.45) is 4.38. The summed E-state index contributed by atoms with van der Waals surface area (Å²) in [5.74, 6) is 0.296. The Morgan fingerprint density at radius 1 is 1.28 bits per heavy atom. The van der Waals surface area contributed by atoms with Gasteiger partial charge in [0.2, 0.25) is 5.91 Å². The molecule has 0 spiro atoms. The molecule has 1 aliphatic heterocycles. The SMILES string of the molecule is CCCC1NC(CCC)N(C(C)CN(C)C)C1=O. The van der Waals surface area contributed by atoms with Gasteiger partial charge in [0.25, 0.3) is 0 Å². The Bertz CT molecular complexity index is 268. The number of carbonyl (C=O) groups is 1. The van der Waals surface area contributed by atoms with E-state index in [0.29, 0.717) is 5.91 Å². The number of nitrogens with zero attached hydrogens (tertiary/aromatic N) is 2. The molecule has 0 bridgehead atoms. The second-order valence-electron chi connectivity index (χ2n) is 5.67. The first-order chi connectivity index (χ1) is 8.51. The maximum atomic E-state index is 12.4. The molecule has 1 aliphatic rings. The molecule has 1 saturated heterocycles. The first-order valence-corrected chi connectivity index (χ1v) is 7.24. The van der Waals surface area contributed by atoms with E-state index in [9.17, 15) is 4.79 Å². The number of hydrogen-bond donors (Lipinski definition) is 1. The summed E-state index contributed by atoms with van der Waals surface area (Å²) in [7, 11) is 4.12. The Morgan fingerprint density at radius 2 is 1.89 bits per heavy atom. The number of rotatable bonds is 7.